The molecule has 0 spiro atoms. The number of amides is 3. The van der Waals surface area contributed by atoms with Crippen LogP contribution in [0.2, 0.25) is 0 Å². The molecule has 4 rings (SSSR count). The summed E-state index contributed by atoms with van der Waals surface area (Å²) >= 11 is 5.96. The molecule has 29 heavy (non-hydrogen) atoms. The van der Waals surface area contributed by atoms with E-state index in [1.807, 2.05) is 0 Å². The number of halogens is 3. The van der Waals surface area contributed by atoms with Gasteiger partial charge in [-0.25, -0.2) is 0 Å². The molecule has 3 fully saturated rings. The van der Waals surface area contributed by atoms with Gasteiger partial charge in [0.1, 0.15) is 0 Å². The summed E-state index contributed by atoms with van der Waals surface area (Å²) < 4.78 is 39.7. The maximum atomic E-state index is 13.2. The first-order chi connectivity index (χ1) is 13.7. The Morgan fingerprint density at radius 2 is 1.59 bits per heavy atom. The standard InChI is InChI=1S/C19H15F3N2O3S2/c20-19(21,22)13-8-4-1-5-10(13)9-14-17(27)24(18(28)29-14)23-15(25)11-6-2-3-7-12(11)16(23)26/h1,4-5,8-9,11-12H,2-3,6-7H2/b14-9-/t11-,12+. The van der Waals surface area contributed by atoms with Crippen molar-refractivity contribution in [1.29, 1.82) is 0 Å². The van der Waals surface area contributed by atoms with Crippen LogP contribution in [0.15, 0.2) is 29.2 Å². The lowest BCUT2D eigenvalue weighted by Gasteiger charge is -2.24. The first kappa shape index (κ1) is 20.1. The fourth-order valence-electron chi connectivity index (χ4n) is 4.00. The number of nitrogens with zero attached hydrogens (tertiary/aromatic N) is 2. The number of alkyl halides is 3. The number of carbonyl (C=O) groups excluding carboxylic acids is 3. The quantitative estimate of drug-likeness (QED) is 0.395. The van der Waals surface area contributed by atoms with Gasteiger partial charge in [0.2, 0.25) is 0 Å². The van der Waals surface area contributed by atoms with E-state index in [2.05, 4.69) is 0 Å². The molecule has 2 saturated heterocycles. The predicted octanol–water partition coefficient (Wildman–Crippen LogP) is 4.00. The van der Waals surface area contributed by atoms with Gasteiger partial charge in [0, 0.05) is 0 Å². The van der Waals surface area contributed by atoms with Gasteiger partial charge in [0.05, 0.1) is 22.3 Å². The van der Waals surface area contributed by atoms with Gasteiger partial charge in [-0.1, -0.05) is 42.8 Å². The average Bonchev–Trinajstić information content (AvgIpc) is 3.08. The zero-order valence-electron chi connectivity index (χ0n) is 14.9. The van der Waals surface area contributed by atoms with Gasteiger partial charge >= 0.3 is 6.18 Å². The second-order valence-electron chi connectivity index (χ2n) is 7.06. The van der Waals surface area contributed by atoms with Gasteiger partial charge in [0.25, 0.3) is 17.7 Å². The van der Waals surface area contributed by atoms with Crippen molar-refractivity contribution in [1.82, 2.24) is 10.0 Å². The first-order valence-corrected chi connectivity index (χ1v) is 10.2. The molecule has 3 aliphatic rings. The van der Waals surface area contributed by atoms with Crippen molar-refractivity contribution in [2.24, 2.45) is 11.8 Å². The highest BCUT2D eigenvalue weighted by Gasteiger charge is 2.54. The highest BCUT2D eigenvalue weighted by molar-refractivity contribution is 8.26. The monoisotopic (exact) mass is 440 g/mol. The second kappa shape index (κ2) is 7.24. The van der Waals surface area contributed by atoms with E-state index < -0.39 is 41.3 Å². The van der Waals surface area contributed by atoms with Crippen molar-refractivity contribution in [3.8, 4) is 0 Å². The molecular formula is C19H15F3N2O3S2. The van der Waals surface area contributed by atoms with Crippen molar-refractivity contribution in [3.63, 3.8) is 0 Å². The summed E-state index contributed by atoms with van der Waals surface area (Å²) in [7, 11) is 0. The Hall–Kier alpha value is -2.20. The number of carbonyl (C=O) groups is 3. The highest BCUT2D eigenvalue weighted by Crippen LogP contribution is 2.43. The summed E-state index contributed by atoms with van der Waals surface area (Å²) in [5, 5.41) is 1.64. The molecule has 10 heteroatoms. The molecule has 2 aliphatic heterocycles. The number of fused-ring (bicyclic) bond motifs is 1. The Labute approximate surface area is 173 Å². The minimum absolute atomic E-state index is 0.0499. The van der Waals surface area contributed by atoms with E-state index in [9.17, 15) is 27.6 Å². The lowest BCUT2D eigenvalue weighted by Crippen LogP contribution is -2.49. The van der Waals surface area contributed by atoms with E-state index in [0.717, 1.165) is 46.8 Å². The topological polar surface area (TPSA) is 57.7 Å². The summed E-state index contributed by atoms with van der Waals surface area (Å²) in [4.78, 5) is 38.3. The number of hydrogen-bond acceptors (Lipinski definition) is 5. The fourth-order valence-corrected chi connectivity index (χ4v) is 5.23. The van der Waals surface area contributed by atoms with E-state index in [-0.39, 0.29) is 14.8 Å². The van der Waals surface area contributed by atoms with Gasteiger partial charge < -0.3 is 0 Å². The van der Waals surface area contributed by atoms with Crippen LogP contribution in [-0.4, -0.2) is 32.1 Å². The van der Waals surface area contributed by atoms with Crippen LogP contribution in [0, 0.1) is 11.8 Å². The zero-order valence-corrected chi connectivity index (χ0v) is 16.6. The van der Waals surface area contributed by atoms with Crippen LogP contribution in [-0.2, 0) is 20.6 Å². The number of hydrogen-bond donors (Lipinski definition) is 0. The Kier molecular flexibility index (Phi) is 5.02. The predicted molar refractivity (Wildman–Crippen MR) is 104 cm³/mol. The van der Waals surface area contributed by atoms with Crippen molar-refractivity contribution < 1.29 is 27.6 Å². The molecule has 1 aromatic rings. The number of imide groups is 1. The molecular weight excluding hydrogens is 425 g/mol. The number of thiocarbonyl (C=S) groups is 1. The summed E-state index contributed by atoms with van der Waals surface area (Å²) in [5.74, 6) is -2.62. The SMILES string of the molecule is O=C1/C(=C/c2ccccc2C(F)(F)F)SC(=S)N1N1C(=O)[C@H]2CCCC[C@H]2C1=O. The molecule has 2 atom stereocenters. The summed E-state index contributed by atoms with van der Waals surface area (Å²) in [6.07, 6.45) is -0.664. The van der Waals surface area contributed by atoms with Gasteiger partial charge in [-0.3, -0.25) is 14.4 Å². The number of hydrazine groups is 1. The van der Waals surface area contributed by atoms with Gasteiger partial charge in [-0.05, 0) is 42.8 Å². The molecule has 3 amide bonds. The summed E-state index contributed by atoms with van der Waals surface area (Å²) in [6.45, 7) is 0. The van der Waals surface area contributed by atoms with Crippen LogP contribution >= 0.6 is 24.0 Å². The molecule has 0 N–H and O–H groups in total. The molecule has 152 valence electrons. The molecule has 5 nitrogen and oxygen atoms in total. The van der Waals surface area contributed by atoms with Crippen LogP contribution in [0.4, 0.5) is 13.2 Å². The molecule has 0 radical (unpaired) electrons. The molecule has 1 aliphatic carbocycles. The molecule has 0 aromatic heterocycles. The average molecular weight is 440 g/mol. The Balaban J connectivity index is 1.66. The van der Waals surface area contributed by atoms with Gasteiger partial charge in [-0.15, -0.1) is 0 Å². The summed E-state index contributed by atoms with van der Waals surface area (Å²) in [6, 6.07) is 4.86. The first-order valence-electron chi connectivity index (χ1n) is 9.02. The van der Waals surface area contributed by atoms with Gasteiger partial charge in [-0.2, -0.15) is 23.2 Å². The maximum absolute atomic E-state index is 13.2. The number of rotatable bonds is 2. The van der Waals surface area contributed by atoms with E-state index in [4.69, 9.17) is 12.2 Å². The smallest absolute Gasteiger partial charge is 0.272 e. The molecule has 0 unspecified atom stereocenters. The minimum Gasteiger partial charge on any atom is -0.272 e. The number of benzene rings is 1. The van der Waals surface area contributed by atoms with E-state index >= 15 is 0 Å². The van der Waals surface area contributed by atoms with Crippen LogP contribution in [0.1, 0.15) is 36.8 Å². The Morgan fingerprint density at radius 3 is 2.17 bits per heavy atom. The van der Waals surface area contributed by atoms with E-state index in [1.54, 1.807) is 0 Å². The third-order valence-electron chi connectivity index (χ3n) is 5.34. The number of thioether (sulfide) groups is 1. The van der Waals surface area contributed by atoms with Crippen molar-refractivity contribution in [2.45, 2.75) is 31.9 Å². The lowest BCUT2D eigenvalue weighted by atomic mass is 9.81. The Morgan fingerprint density at radius 1 is 1.00 bits per heavy atom. The molecule has 0 bridgehead atoms. The van der Waals surface area contributed by atoms with Crippen molar-refractivity contribution >= 4 is 52.1 Å². The van der Waals surface area contributed by atoms with Crippen LogP contribution < -0.4 is 0 Å². The summed E-state index contributed by atoms with van der Waals surface area (Å²) in [5.41, 5.74) is -1.07. The third kappa shape index (κ3) is 3.38. The zero-order chi connectivity index (χ0) is 20.9. The molecule has 1 saturated carbocycles. The van der Waals surface area contributed by atoms with Gasteiger partial charge in [0.15, 0.2) is 4.32 Å². The van der Waals surface area contributed by atoms with E-state index in [1.165, 1.54) is 18.2 Å². The lowest BCUT2D eigenvalue weighted by molar-refractivity contribution is -0.158. The van der Waals surface area contributed by atoms with Crippen LogP contribution in [0.5, 0.6) is 0 Å². The van der Waals surface area contributed by atoms with E-state index in [0.29, 0.717) is 12.8 Å². The molecule has 2 heterocycles. The minimum atomic E-state index is -4.59. The van der Waals surface area contributed by atoms with Crippen molar-refractivity contribution in [2.75, 3.05) is 0 Å². The normalized spacial score (nSPS) is 26.7. The Bertz CT molecular complexity index is 936. The third-order valence-corrected chi connectivity index (χ3v) is 6.63. The van der Waals surface area contributed by atoms with Crippen LogP contribution in [0.3, 0.4) is 0 Å². The largest absolute Gasteiger partial charge is 0.416 e. The molecule has 1 aromatic carbocycles. The fraction of sp³-hybridized carbons (Fsp3) is 0.368. The second-order valence-corrected chi connectivity index (χ2v) is 8.74. The van der Waals surface area contributed by atoms with Crippen molar-refractivity contribution in [3.05, 3.63) is 40.3 Å². The maximum Gasteiger partial charge on any atom is 0.416 e. The van der Waals surface area contributed by atoms with Crippen LogP contribution in [0.25, 0.3) is 6.08 Å². The highest BCUT2D eigenvalue weighted by atomic mass is 32.2.